The molecule has 2 heterocycles. The molecule has 31 heavy (non-hydrogen) atoms. The minimum Gasteiger partial charge on any atom is -0.393 e. The summed E-state index contributed by atoms with van der Waals surface area (Å²) >= 11 is 0. The van der Waals surface area contributed by atoms with Crippen molar-refractivity contribution in [2.24, 2.45) is 46.3 Å². The van der Waals surface area contributed by atoms with Crippen LogP contribution in [0.3, 0.4) is 0 Å². The smallest absolute Gasteiger partial charge is 0.0869 e. The van der Waals surface area contributed by atoms with E-state index in [2.05, 4.69) is 33.8 Å². The number of ether oxygens (including phenoxy) is 2. The van der Waals surface area contributed by atoms with Gasteiger partial charge < -0.3 is 14.6 Å². The average Bonchev–Trinajstić information content (AvgIpc) is 3.23. The molecule has 174 valence electrons. The van der Waals surface area contributed by atoms with Crippen molar-refractivity contribution in [3.63, 3.8) is 0 Å². The first kappa shape index (κ1) is 21.2. The zero-order chi connectivity index (χ0) is 21.5. The Labute approximate surface area is 189 Å². The number of rotatable bonds is 1. The maximum Gasteiger partial charge on any atom is 0.0869 e. The summed E-state index contributed by atoms with van der Waals surface area (Å²) in [5.74, 6) is 4.21. The Hall–Kier alpha value is -0.380. The SMILES string of the molecule is C[C@@H]1CC[C@H]([C@@H]2O[C@@H]3C[C@@H]4[C@@H]5CC[C@@H]6C[C@H](O)CC[C@]6(C)C5=CC[C@]4(C)[C@@H]3[C@H]2C)OC1. The van der Waals surface area contributed by atoms with Gasteiger partial charge in [-0.25, -0.2) is 0 Å². The van der Waals surface area contributed by atoms with E-state index in [0.717, 1.165) is 31.3 Å². The standard InChI is InChI=1S/C28H44O3/c1-16-5-8-23(30-15-16)26-17(2)25-24(31-26)14-22-20-7-6-18-13-19(29)9-11-27(18,3)21(20)10-12-28(22,25)4/h10,16-20,22-26,29H,5-9,11-15H2,1-4H3/t16-,17-,18-,19-,20-,22-,23-,24-,25-,26-,27+,28+/m1/s1. The zero-order valence-electron chi connectivity index (χ0n) is 20.2. The Kier molecular flexibility index (Phi) is 4.99. The van der Waals surface area contributed by atoms with Crippen LogP contribution in [-0.2, 0) is 9.47 Å². The summed E-state index contributed by atoms with van der Waals surface area (Å²) in [6.45, 7) is 10.8. The van der Waals surface area contributed by atoms with E-state index >= 15 is 0 Å². The molecule has 3 nitrogen and oxygen atoms in total. The fraction of sp³-hybridized carbons (Fsp3) is 0.929. The van der Waals surface area contributed by atoms with Crippen molar-refractivity contribution >= 4 is 0 Å². The van der Waals surface area contributed by atoms with Crippen LogP contribution in [0.4, 0.5) is 0 Å². The Morgan fingerprint density at radius 2 is 1.84 bits per heavy atom. The lowest BCUT2D eigenvalue weighted by Gasteiger charge is -2.57. The first-order valence-electron chi connectivity index (χ1n) is 13.5. The zero-order valence-corrected chi connectivity index (χ0v) is 20.2. The van der Waals surface area contributed by atoms with Gasteiger partial charge in [0.15, 0.2) is 0 Å². The van der Waals surface area contributed by atoms with Crippen molar-refractivity contribution in [1.29, 1.82) is 0 Å². The van der Waals surface area contributed by atoms with Crippen LogP contribution < -0.4 is 0 Å². The molecule has 2 saturated heterocycles. The van der Waals surface area contributed by atoms with Crippen molar-refractivity contribution < 1.29 is 14.6 Å². The van der Waals surface area contributed by atoms with Gasteiger partial charge in [0.2, 0.25) is 0 Å². The van der Waals surface area contributed by atoms with Gasteiger partial charge in [0.05, 0.1) is 24.4 Å². The number of allylic oxidation sites excluding steroid dienone is 2. The van der Waals surface area contributed by atoms with Crippen LogP contribution in [0.2, 0.25) is 0 Å². The predicted octanol–water partition coefficient (Wildman–Crippen LogP) is 5.75. The molecule has 0 radical (unpaired) electrons. The summed E-state index contributed by atoms with van der Waals surface area (Å²) in [5, 5.41) is 10.3. The highest BCUT2D eigenvalue weighted by Crippen LogP contribution is 2.68. The van der Waals surface area contributed by atoms with Gasteiger partial charge in [0.1, 0.15) is 0 Å². The third-order valence-corrected chi connectivity index (χ3v) is 11.4. The normalized spacial score (nSPS) is 58.7. The third-order valence-electron chi connectivity index (χ3n) is 11.4. The van der Waals surface area contributed by atoms with Crippen LogP contribution in [-0.4, -0.2) is 36.1 Å². The Morgan fingerprint density at radius 3 is 2.61 bits per heavy atom. The lowest BCUT2D eigenvalue weighted by atomic mass is 9.48. The molecule has 2 aliphatic heterocycles. The van der Waals surface area contributed by atoms with Gasteiger partial charge in [-0.1, -0.05) is 39.3 Å². The number of fused-ring (bicyclic) bond motifs is 7. The van der Waals surface area contributed by atoms with Crippen molar-refractivity contribution in [3.8, 4) is 0 Å². The second-order valence-electron chi connectivity index (χ2n) is 13.0. The topological polar surface area (TPSA) is 38.7 Å². The summed E-state index contributed by atoms with van der Waals surface area (Å²) in [4.78, 5) is 0. The fourth-order valence-corrected chi connectivity index (χ4v) is 9.73. The molecule has 0 unspecified atom stereocenters. The molecule has 6 rings (SSSR count). The van der Waals surface area contributed by atoms with E-state index in [9.17, 15) is 5.11 Å². The van der Waals surface area contributed by atoms with Crippen LogP contribution in [0.15, 0.2) is 11.6 Å². The maximum atomic E-state index is 10.3. The van der Waals surface area contributed by atoms with E-state index in [1.807, 2.05) is 0 Å². The van der Waals surface area contributed by atoms with Crippen LogP contribution in [0.1, 0.15) is 85.5 Å². The number of hydrogen-bond acceptors (Lipinski definition) is 3. The number of aliphatic hydroxyl groups excluding tert-OH is 1. The average molecular weight is 429 g/mol. The highest BCUT2D eigenvalue weighted by atomic mass is 16.6. The van der Waals surface area contributed by atoms with Crippen molar-refractivity contribution in [2.45, 2.75) is 110 Å². The highest BCUT2D eigenvalue weighted by molar-refractivity contribution is 5.30. The molecule has 5 fully saturated rings. The molecule has 0 bridgehead atoms. The molecular weight excluding hydrogens is 384 g/mol. The quantitative estimate of drug-likeness (QED) is 0.540. The molecule has 12 atom stereocenters. The van der Waals surface area contributed by atoms with Gasteiger partial charge in [-0.3, -0.25) is 0 Å². The first-order chi connectivity index (χ1) is 14.8. The Bertz CT molecular complexity index is 739. The maximum absolute atomic E-state index is 10.3. The third kappa shape index (κ3) is 3.01. The van der Waals surface area contributed by atoms with Crippen LogP contribution >= 0.6 is 0 Å². The highest BCUT2D eigenvalue weighted by Gasteiger charge is 2.64. The lowest BCUT2D eigenvalue weighted by molar-refractivity contribution is -0.111. The van der Waals surface area contributed by atoms with Gasteiger partial charge >= 0.3 is 0 Å². The summed E-state index contributed by atoms with van der Waals surface area (Å²) in [7, 11) is 0. The van der Waals surface area contributed by atoms with Crippen LogP contribution in [0, 0.1) is 46.3 Å². The summed E-state index contributed by atoms with van der Waals surface area (Å²) < 4.78 is 13.2. The summed E-state index contributed by atoms with van der Waals surface area (Å²) in [6, 6.07) is 0. The lowest BCUT2D eigenvalue weighted by Crippen LogP contribution is -2.49. The van der Waals surface area contributed by atoms with Crippen LogP contribution in [0.5, 0.6) is 0 Å². The molecule has 1 N–H and O–H groups in total. The molecule has 0 amide bonds. The fourth-order valence-electron chi connectivity index (χ4n) is 9.73. The van der Waals surface area contributed by atoms with Crippen molar-refractivity contribution in [3.05, 3.63) is 11.6 Å². The molecule has 6 aliphatic rings. The van der Waals surface area contributed by atoms with Gasteiger partial charge in [-0.05, 0) is 104 Å². The van der Waals surface area contributed by atoms with Crippen LogP contribution in [0.25, 0.3) is 0 Å². The van der Waals surface area contributed by atoms with Crippen molar-refractivity contribution in [1.82, 2.24) is 0 Å². The largest absolute Gasteiger partial charge is 0.393 e. The van der Waals surface area contributed by atoms with Gasteiger partial charge in [-0.15, -0.1) is 0 Å². The van der Waals surface area contributed by atoms with Gasteiger partial charge in [0, 0.05) is 6.61 Å². The predicted molar refractivity (Wildman–Crippen MR) is 123 cm³/mol. The molecule has 3 heteroatoms. The molecule has 0 spiro atoms. The van der Waals surface area contributed by atoms with E-state index in [1.54, 1.807) is 5.57 Å². The van der Waals surface area contributed by atoms with E-state index in [-0.39, 0.29) is 6.10 Å². The second-order valence-corrected chi connectivity index (χ2v) is 13.0. The van der Waals surface area contributed by atoms with Gasteiger partial charge in [0.25, 0.3) is 0 Å². The number of aliphatic hydroxyl groups is 1. The minimum atomic E-state index is -0.0638. The minimum absolute atomic E-state index is 0.0638. The monoisotopic (exact) mass is 428 g/mol. The number of hydrogen-bond donors (Lipinski definition) is 1. The van der Waals surface area contributed by atoms with Crippen molar-refractivity contribution in [2.75, 3.05) is 6.61 Å². The molecule has 3 saturated carbocycles. The Balaban J connectivity index is 1.25. The van der Waals surface area contributed by atoms with E-state index in [0.29, 0.717) is 52.8 Å². The first-order valence-corrected chi connectivity index (χ1v) is 13.5. The molecule has 0 aromatic heterocycles. The summed E-state index contributed by atoms with van der Waals surface area (Å²) in [6.07, 6.45) is 14.5. The molecule has 0 aromatic rings. The summed E-state index contributed by atoms with van der Waals surface area (Å²) in [5.41, 5.74) is 2.50. The van der Waals surface area contributed by atoms with E-state index in [4.69, 9.17) is 9.47 Å². The van der Waals surface area contributed by atoms with E-state index in [1.165, 1.54) is 44.9 Å². The molecular formula is C28H44O3. The van der Waals surface area contributed by atoms with E-state index < -0.39 is 0 Å². The van der Waals surface area contributed by atoms with Gasteiger partial charge in [-0.2, -0.15) is 0 Å². The Morgan fingerprint density at radius 1 is 1.00 bits per heavy atom. The molecule has 4 aliphatic carbocycles. The molecule has 0 aromatic carbocycles. The second kappa shape index (κ2) is 7.31.